The second-order valence-electron chi connectivity index (χ2n) is 5.18. The second kappa shape index (κ2) is 5.50. The number of benzene rings is 1. The molecule has 3 rings (SSSR count). The van der Waals surface area contributed by atoms with E-state index in [4.69, 9.17) is 16.3 Å². The van der Waals surface area contributed by atoms with Crippen LogP contribution in [0.5, 0.6) is 0 Å². The molecule has 1 N–H and O–H groups in total. The molecular formula is C15H15ClN2O3. The quantitative estimate of drug-likeness (QED) is 0.870. The summed E-state index contributed by atoms with van der Waals surface area (Å²) in [5, 5.41) is 3.42. The SMILES string of the molecule is O=C1N[C@@]2(CCOC2)C(=O)N1C/C=C/c1ccc(Cl)cc1. The lowest BCUT2D eigenvalue weighted by atomic mass is 9.99. The highest BCUT2D eigenvalue weighted by Gasteiger charge is 2.53. The summed E-state index contributed by atoms with van der Waals surface area (Å²) in [5.41, 5.74) is 0.121. The van der Waals surface area contributed by atoms with Crippen molar-refractivity contribution in [2.75, 3.05) is 19.8 Å². The number of nitrogens with one attached hydrogen (secondary N) is 1. The lowest BCUT2D eigenvalue weighted by molar-refractivity contribution is -0.130. The van der Waals surface area contributed by atoms with Gasteiger partial charge in [0.1, 0.15) is 5.54 Å². The highest BCUT2D eigenvalue weighted by molar-refractivity contribution is 6.30. The van der Waals surface area contributed by atoms with Gasteiger partial charge in [0.15, 0.2) is 0 Å². The van der Waals surface area contributed by atoms with Crippen LogP contribution in [0.1, 0.15) is 12.0 Å². The average Bonchev–Trinajstić information content (AvgIpc) is 3.02. The van der Waals surface area contributed by atoms with Crippen molar-refractivity contribution in [1.29, 1.82) is 0 Å². The number of carbonyl (C=O) groups excluding carboxylic acids is 2. The van der Waals surface area contributed by atoms with Crippen molar-refractivity contribution in [3.05, 3.63) is 40.9 Å². The van der Waals surface area contributed by atoms with Crippen molar-refractivity contribution >= 4 is 29.6 Å². The van der Waals surface area contributed by atoms with Gasteiger partial charge in [-0.05, 0) is 17.7 Å². The zero-order valence-electron chi connectivity index (χ0n) is 11.3. The molecule has 2 fully saturated rings. The average molecular weight is 307 g/mol. The van der Waals surface area contributed by atoms with Gasteiger partial charge in [0, 0.05) is 24.6 Å². The molecule has 0 aliphatic carbocycles. The molecule has 0 unspecified atom stereocenters. The number of hydrogen-bond acceptors (Lipinski definition) is 3. The van der Waals surface area contributed by atoms with E-state index in [0.717, 1.165) is 5.56 Å². The fraction of sp³-hybridized carbons (Fsp3) is 0.333. The number of urea groups is 1. The zero-order valence-corrected chi connectivity index (χ0v) is 12.1. The van der Waals surface area contributed by atoms with E-state index in [1.807, 2.05) is 18.2 Å². The summed E-state index contributed by atoms with van der Waals surface area (Å²) in [6.07, 6.45) is 4.18. The van der Waals surface area contributed by atoms with E-state index in [9.17, 15) is 9.59 Å². The Hall–Kier alpha value is -1.85. The summed E-state index contributed by atoms with van der Waals surface area (Å²) in [6, 6.07) is 6.97. The number of imide groups is 1. The highest BCUT2D eigenvalue weighted by Crippen LogP contribution is 2.26. The van der Waals surface area contributed by atoms with E-state index in [1.165, 1.54) is 4.90 Å². The molecule has 0 saturated carbocycles. The first kappa shape index (κ1) is 14.1. The number of carbonyl (C=O) groups is 2. The fourth-order valence-corrected chi connectivity index (χ4v) is 2.67. The van der Waals surface area contributed by atoms with E-state index in [-0.39, 0.29) is 25.1 Å². The normalized spacial score (nSPS) is 25.3. The summed E-state index contributed by atoms with van der Waals surface area (Å²) in [7, 11) is 0. The molecule has 0 aromatic heterocycles. The molecule has 5 nitrogen and oxygen atoms in total. The Labute approximate surface area is 127 Å². The molecule has 3 amide bonds. The molecule has 21 heavy (non-hydrogen) atoms. The Morgan fingerprint density at radius 3 is 2.76 bits per heavy atom. The van der Waals surface area contributed by atoms with E-state index >= 15 is 0 Å². The number of hydrogen-bond donors (Lipinski definition) is 1. The minimum atomic E-state index is -0.842. The molecule has 1 spiro atoms. The molecule has 2 saturated heterocycles. The number of halogens is 1. The molecular weight excluding hydrogens is 292 g/mol. The zero-order chi connectivity index (χ0) is 14.9. The predicted molar refractivity (Wildman–Crippen MR) is 78.9 cm³/mol. The molecule has 6 heteroatoms. The summed E-state index contributed by atoms with van der Waals surface area (Å²) in [6.45, 7) is 1.00. The van der Waals surface area contributed by atoms with Crippen LogP contribution in [0.3, 0.4) is 0 Å². The molecule has 1 aromatic carbocycles. The summed E-state index contributed by atoms with van der Waals surface area (Å²) >= 11 is 5.82. The lowest BCUT2D eigenvalue weighted by Crippen LogP contribution is -2.47. The van der Waals surface area contributed by atoms with Crippen LogP contribution in [0.15, 0.2) is 30.3 Å². The monoisotopic (exact) mass is 306 g/mol. The first-order valence-electron chi connectivity index (χ1n) is 6.75. The Morgan fingerprint density at radius 1 is 1.33 bits per heavy atom. The second-order valence-corrected chi connectivity index (χ2v) is 5.62. The van der Waals surface area contributed by atoms with Gasteiger partial charge in [0.25, 0.3) is 5.91 Å². The number of nitrogens with zero attached hydrogens (tertiary/aromatic N) is 1. The van der Waals surface area contributed by atoms with Crippen molar-refractivity contribution in [2.45, 2.75) is 12.0 Å². The molecule has 1 atom stereocenters. The largest absolute Gasteiger partial charge is 0.378 e. The van der Waals surface area contributed by atoms with Crippen LogP contribution in [0.4, 0.5) is 4.79 Å². The molecule has 110 valence electrons. The van der Waals surface area contributed by atoms with Crippen LogP contribution >= 0.6 is 11.6 Å². The van der Waals surface area contributed by atoms with Gasteiger partial charge in [0.05, 0.1) is 6.61 Å². The standard InChI is InChI=1S/C15H15ClN2O3/c16-12-5-3-11(4-6-12)2-1-8-18-13(19)15(17-14(18)20)7-9-21-10-15/h1-6H,7-10H2,(H,17,20)/b2-1+/t15-/m1/s1. The van der Waals surface area contributed by atoms with Crippen molar-refractivity contribution in [3.8, 4) is 0 Å². The molecule has 2 aliphatic heterocycles. The first-order chi connectivity index (χ1) is 10.1. The van der Waals surface area contributed by atoms with Gasteiger partial charge in [-0.1, -0.05) is 35.9 Å². The van der Waals surface area contributed by atoms with E-state index in [2.05, 4.69) is 5.32 Å². The van der Waals surface area contributed by atoms with Gasteiger partial charge in [-0.15, -0.1) is 0 Å². The van der Waals surface area contributed by atoms with Crippen LogP contribution in [0.2, 0.25) is 5.02 Å². The Kier molecular flexibility index (Phi) is 3.69. The van der Waals surface area contributed by atoms with Crippen molar-refractivity contribution in [1.82, 2.24) is 10.2 Å². The van der Waals surface area contributed by atoms with Gasteiger partial charge in [-0.3, -0.25) is 9.69 Å². The van der Waals surface area contributed by atoms with Crippen molar-refractivity contribution in [2.24, 2.45) is 0 Å². The fourth-order valence-electron chi connectivity index (χ4n) is 2.54. The van der Waals surface area contributed by atoms with E-state index < -0.39 is 5.54 Å². The number of ether oxygens (including phenoxy) is 1. The smallest absolute Gasteiger partial charge is 0.325 e. The predicted octanol–water partition coefficient (Wildman–Crippen LogP) is 2.06. The van der Waals surface area contributed by atoms with Crippen LogP contribution < -0.4 is 5.32 Å². The third-order valence-corrected chi connectivity index (χ3v) is 3.99. The summed E-state index contributed by atoms with van der Waals surface area (Å²) in [4.78, 5) is 25.5. The summed E-state index contributed by atoms with van der Waals surface area (Å²) in [5.74, 6) is -0.203. The maximum absolute atomic E-state index is 12.3. The summed E-state index contributed by atoms with van der Waals surface area (Å²) < 4.78 is 5.24. The molecule has 1 aromatic rings. The third kappa shape index (κ3) is 2.66. The highest BCUT2D eigenvalue weighted by atomic mass is 35.5. The minimum absolute atomic E-state index is 0.203. The van der Waals surface area contributed by atoms with E-state index in [1.54, 1.807) is 18.2 Å². The Morgan fingerprint density at radius 2 is 2.10 bits per heavy atom. The first-order valence-corrected chi connectivity index (χ1v) is 7.12. The van der Waals surface area contributed by atoms with Crippen LogP contribution in [-0.4, -0.2) is 42.1 Å². The topological polar surface area (TPSA) is 58.6 Å². The molecule has 2 heterocycles. The van der Waals surface area contributed by atoms with Crippen LogP contribution in [0, 0.1) is 0 Å². The maximum Gasteiger partial charge on any atom is 0.325 e. The third-order valence-electron chi connectivity index (χ3n) is 3.74. The molecule has 0 radical (unpaired) electrons. The van der Waals surface area contributed by atoms with Gasteiger partial charge in [-0.25, -0.2) is 4.79 Å². The number of amides is 3. The molecule has 2 aliphatic rings. The van der Waals surface area contributed by atoms with Crippen molar-refractivity contribution in [3.63, 3.8) is 0 Å². The van der Waals surface area contributed by atoms with Gasteiger partial charge in [-0.2, -0.15) is 0 Å². The Balaban J connectivity index is 1.66. The van der Waals surface area contributed by atoms with Gasteiger partial charge in [0.2, 0.25) is 0 Å². The van der Waals surface area contributed by atoms with Crippen LogP contribution in [0.25, 0.3) is 6.08 Å². The van der Waals surface area contributed by atoms with Crippen LogP contribution in [-0.2, 0) is 9.53 Å². The van der Waals surface area contributed by atoms with Gasteiger partial charge >= 0.3 is 6.03 Å². The Bertz CT molecular complexity index is 591. The van der Waals surface area contributed by atoms with E-state index in [0.29, 0.717) is 18.1 Å². The molecule has 0 bridgehead atoms. The van der Waals surface area contributed by atoms with Gasteiger partial charge < -0.3 is 10.1 Å². The lowest BCUT2D eigenvalue weighted by Gasteiger charge is -2.17. The minimum Gasteiger partial charge on any atom is -0.378 e. The number of rotatable bonds is 3. The van der Waals surface area contributed by atoms with Crippen molar-refractivity contribution < 1.29 is 14.3 Å². The maximum atomic E-state index is 12.3.